The molecule has 0 saturated carbocycles. The van der Waals surface area contributed by atoms with Crippen molar-refractivity contribution in [2.45, 2.75) is 43.7 Å². The fourth-order valence-corrected chi connectivity index (χ4v) is 4.69. The Morgan fingerprint density at radius 2 is 1.80 bits per heavy atom. The predicted molar refractivity (Wildman–Crippen MR) is 103 cm³/mol. The molecule has 2 rings (SSSR count). The van der Waals surface area contributed by atoms with E-state index in [1.807, 2.05) is 31.2 Å². The van der Waals surface area contributed by atoms with Crippen molar-refractivity contribution in [3.05, 3.63) is 46.8 Å². The number of benzene rings is 1. The van der Waals surface area contributed by atoms with Crippen molar-refractivity contribution in [3.63, 3.8) is 0 Å². The van der Waals surface area contributed by atoms with Gasteiger partial charge in [0.1, 0.15) is 4.21 Å². The highest BCUT2D eigenvalue weighted by atomic mass is 32.2. The number of thiophene rings is 1. The lowest BCUT2D eigenvalue weighted by atomic mass is 9.86. The highest BCUT2D eigenvalue weighted by molar-refractivity contribution is 7.91. The van der Waals surface area contributed by atoms with Crippen LogP contribution in [-0.2, 0) is 26.7 Å². The first kappa shape index (κ1) is 19.6. The van der Waals surface area contributed by atoms with Crippen LogP contribution in [-0.4, -0.2) is 20.9 Å². The third-order valence-corrected chi connectivity index (χ3v) is 6.80. The second-order valence-electron chi connectivity index (χ2n) is 6.74. The lowest BCUT2D eigenvalue weighted by Crippen LogP contribution is -2.33. The molecule has 0 aliphatic heterocycles. The van der Waals surface area contributed by atoms with Crippen LogP contribution in [0.25, 0.3) is 0 Å². The van der Waals surface area contributed by atoms with Gasteiger partial charge in [0.2, 0.25) is 5.91 Å². The van der Waals surface area contributed by atoms with Gasteiger partial charge >= 0.3 is 0 Å². The van der Waals surface area contributed by atoms with Crippen molar-refractivity contribution in [2.24, 2.45) is 0 Å². The molecule has 136 valence electrons. The largest absolute Gasteiger partial charge is 0.325 e. The lowest BCUT2D eigenvalue weighted by Gasteiger charge is -2.23. The minimum atomic E-state index is -3.67. The van der Waals surface area contributed by atoms with Crippen molar-refractivity contribution in [2.75, 3.05) is 11.9 Å². The van der Waals surface area contributed by atoms with Crippen LogP contribution in [0.2, 0.25) is 0 Å². The number of anilines is 1. The van der Waals surface area contributed by atoms with Gasteiger partial charge in [-0.15, -0.1) is 11.3 Å². The van der Waals surface area contributed by atoms with E-state index in [0.717, 1.165) is 16.9 Å². The Morgan fingerprint density at radius 3 is 2.40 bits per heavy atom. The van der Waals surface area contributed by atoms with Crippen LogP contribution in [0.3, 0.4) is 0 Å². The monoisotopic (exact) mass is 380 g/mol. The molecule has 0 atom stereocenters. The molecule has 0 spiro atoms. The smallest absolute Gasteiger partial charge is 0.250 e. The van der Waals surface area contributed by atoms with Crippen LogP contribution in [0.4, 0.5) is 5.69 Å². The van der Waals surface area contributed by atoms with E-state index < -0.39 is 15.9 Å². The summed E-state index contributed by atoms with van der Waals surface area (Å²) in [5, 5.41) is 2.80. The summed E-state index contributed by atoms with van der Waals surface area (Å²) >= 11 is 1.22. The Hall–Kier alpha value is -1.70. The van der Waals surface area contributed by atoms with Gasteiger partial charge in [0.25, 0.3) is 10.0 Å². The molecule has 1 heterocycles. The molecule has 0 saturated heterocycles. The summed E-state index contributed by atoms with van der Waals surface area (Å²) in [6, 6.07) is 10.9. The summed E-state index contributed by atoms with van der Waals surface area (Å²) in [7, 11) is -3.67. The van der Waals surface area contributed by atoms with Crippen LogP contribution in [0, 0.1) is 0 Å². The normalized spacial score (nSPS) is 12.2. The molecule has 1 amide bonds. The SMILES string of the molecule is CCc1ccc(S(=O)(=O)NCC(=O)Nc2ccccc2C(C)(C)C)s1. The molecule has 0 fully saturated rings. The Bertz CT molecular complexity index is 849. The molecule has 0 radical (unpaired) electrons. The number of hydrogen-bond donors (Lipinski definition) is 2. The van der Waals surface area contributed by atoms with Crippen LogP contribution in [0.5, 0.6) is 0 Å². The second kappa shape index (κ2) is 7.68. The molecule has 1 aromatic carbocycles. The van der Waals surface area contributed by atoms with E-state index in [1.165, 1.54) is 11.3 Å². The van der Waals surface area contributed by atoms with Gasteiger partial charge < -0.3 is 5.32 Å². The molecule has 2 aromatic rings. The molecule has 7 heteroatoms. The highest BCUT2D eigenvalue weighted by Gasteiger charge is 2.20. The summed E-state index contributed by atoms with van der Waals surface area (Å²) in [5.41, 5.74) is 1.57. The zero-order valence-electron chi connectivity index (χ0n) is 14.9. The van der Waals surface area contributed by atoms with Crippen molar-refractivity contribution in [3.8, 4) is 0 Å². The van der Waals surface area contributed by atoms with Crippen LogP contribution in [0.1, 0.15) is 38.1 Å². The van der Waals surface area contributed by atoms with Gasteiger partial charge in [-0.2, -0.15) is 0 Å². The first-order valence-corrected chi connectivity index (χ1v) is 10.4. The van der Waals surface area contributed by atoms with Gasteiger partial charge in [-0.25, -0.2) is 13.1 Å². The molecule has 0 bridgehead atoms. The molecule has 0 aliphatic rings. The summed E-state index contributed by atoms with van der Waals surface area (Å²) < 4.78 is 27.1. The Kier molecular flexibility index (Phi) is 6.03. The first-order chi connectivity index (χ1) is 11.6. The maximum Gasteiger partial charge on any atom is 0.250 e. The maximum absolute atomic E-state index is 12.3. The number of hydrogen-bond acceptors (Lipinski definition) is 4. The van der Waals surface area contributed by atoms with E-state index in [2.05, 4.69) is 30.8 Å². The van der Waals surface area contributed by atoms with Crippen LogP contribution >= 0.6 is 11.3 Å². The van der Waals surface area contributed by atoms with Crippen molar-refractivity contribution in [1.82, 2.24) is 4.72 Å². The fraction of sp³-hybridized carbons (Fsp3) is 0.389. The standard InChI is InChI=1S/C18H24N2O3S2/c1-5-13-10-11-17(24-13)25(22,23)19-12-16(21)20-15-9-7-6-8-14(15)18(2,3)4/h6-11,19H,5,12H2,1-4H3,(H,20,21). The Labute approximate surface area is 153 Å². The summed E-state index contributed by atoms with van der Waals surface area (Å²) in [4.78, 5) is 13.2. The number of amides is 1. The predicted octanol–water partition coefficient (Wildman–Crippen LogP) is 3.53. The van der Waals surface area contributed by atoms with E-state index in [4.69, 9.17) is 0 Å². The summed E-state index contributed by atoms with van der Waals surface area (Å²) in [6.07, 6.45) is 0.782. The third kappa shape index (κ3) is 5.14. The van der Waals surface area contributed by atoms with E-state index >= 15 is 0 Å². The number of aryl methyl sites for hydroxylation is 1. The number of nitrogens with one attached hydrogen (secondary N) is 2. The van der Waals surface area contributed by atoms with Gasteiger partial charge in [-0.3, -0.25) is 4.79 Å². The second-order valence-corrected chi connectivity index (χ2v) is 9.90. The van der Waals surface area contributed by atoms with Crippen LogP contribution < -0.4 is 10.0 Å². The van der Waals surface area contributed by atoms with Gasteiger partial charge in [-0.1, -0.05) is 45.9 Å². The average molecular weight is 381 g/mol. The van der Waals surface area contributed by atoms with E-state index in [-0.39, 0.29) is 16.2 Å². The molecule has 25 heavy (non-hydrogen) atoms. The van der Waals surface area contributed by atoms with Crippen molar-refractivity contribution in [1.29, 1.82) is 0 Å². The minimum absolute atomic E-state index is 0.128. The van der Waals surface area contributed by atoms with E-state index in [1.54, 1.807) is 12.1 Å². The quantitative estimate of drug-likeness (QED) is 0.805. The van der Waals surface area contributed by atoms with Gasteiger partial charge in [0, 0.05) is 10.6 Å². The number of sulfonamides is 1. The number of para-hydroxylation sites is 1. The van der Waals surface area contributed by atoms with Crippen molar-refractivity contribution < 1.29 is 13.2 Å². The highest BCUT2D eigenvalue weighted by Crippen LogP contribution is 2.29. The Morgan fingerprint density at radius 1 is 1.12 bits per heavy atom. The Balaban J connectivity index is 2.04. The molecule has 2 N–H and O–H groups in total. The molecular weight excluding hydrogens is 356 g/mol. The van der Waals surface area contributed by atoms with Gasteiger partial charge in [0.05, 0.1) is 6.54 Å². The molecule has 5 nitrogen and oxygen atoms in total. The zero-order valence-corrected chi connectivity index (χ0v) is 16.6. The summed E-state index contributed by atoms with van der Waals surface area (Å²) in [6.45, 7) is 7.84. The first-order valence-electron chi connectivity index (χ1n) is 8.11. The number of rotatable bonds is 6. The zero-order chi connectivity index (χ0) is 18.7. The van der Waals surface area contributed by atoms with Crippen LogP contribution in [0.15, 0.2) is 40.6 Å². The third-order valence-electron chi connectivity index (χ3n) is 3.68. The van der Waals surface area contributed by atoms with E-state index in [9.17, 15) is 13.2 Å². The average Bonchev–Trinajstić information content (AvgIpc) is 3.02. The van der Waals surface area contributed by atoms with Gasteiger partial charge in [-0.05, 0) is 35.6 Å². The fourth-order valence-electron chi connectivity index (χ4n) is 2.36. The molecule has 0 unspecified atom stereocenters. The molecule has 0 aliphatic carbocycles. The minimum Gasteiger partial charge on any atom is -0.325 e. The van der Waals surface area contributed by atoms with Gasteiger partial charge in [0.15, 0.2) is 0 Å². The summed E-state index contributed by atoms with van der Waals surface area (Å²) in [5.74, 6) is -0.396. The molecule has 1 aromatic heterocycles. The molecular formula is C18H24N2O3S2. The lowest BCUT2D eigenvalue weighted by molar-refractivity contribution is -0.115. The van der Waals surface area contributed by atoms with E-state index in [0.29, 0.717) is 5.69 Å². The van der Waals surface area contributed by atoms with Crippen molar-refractivity contribution >= 4 is 33.0 Å². The number of carbonyl (C=O) groups is 1. The maximum atomic E-state index is 12.3. The topological polar surface area (TPSA) is 75.3 Å². The number of carbonyl (C=O) groups excluding carboxylic acids is 1.